The fraction of sp³-hybridized carbons (Fsp3) is 0.667. The van der Waals surface area contributed by atoms with E-state index in [0.717, 1.165) is 0 Å². The molecule has 1 aliphatic carbocycles. The zero-order valence-corrected chi connectivity index (χ0v) is 7.63. The molecule has 1 aromatic rings. The molecule has 5 heteroatoms. The number of aromatic amines is 1. The third-order valence-corrected chi connectivity index (χ3v) is 2.61. The maximum Gasteiger partial charge on any atom is 0.248 e. The Morgan fingerprint density at radius 2 is 2.36 bits per heavy atom. The monoisotopic (exact) mass is 202 g/mol. The Bertz CT molecular complexity index is 324. The van der Waals surface area contributed by atoms with E-state index in [9.17, 15) is 8.78 Å². The minimum Gasteiger partial charge on any atom is -0.493 e. The van der Waals surface area contributed by atoms with E-state index in [1.54, 1.807) is 0 Å². The van der Waals surface area contributed by atoms with Crippen molar-refractivity contribution in [3.63, 3.8) is 0 Å². The number of hydrogen-bond donors (Lipinski definition) is 2. The molecule has 1 heterocycles. The number of rotatable bonds is 1. The van der Waals surface area contributed by atoms with Gasteiger partial charge in [-0.1, -0.05) is 0 Å². The van der Waals surface area contributed by atoms with Crippen molar-refractivity contribution in [1.29, 1.82) is 0 Å². The highest BCUT2D eigenvalue weighted by molar-refractivity contribution is 5.10. The van der Waals surface area contributed by atoms with Gasteiger partial charge in [-0.2, -0.15) is 0 Å². The maximum atomic E-state index is 13.0. The molecule has 3 nitrogen and oxygen atoms in total. The van der Waals surface area contributed by atoms with Crippen LogP contribution in [0, 0.1) is 0 Å². The lowest BCUT2D eigenvalue weighted by atomic mass is 9.86. The van der Waals surface area contributed by atoms with Crippen LogP contribution in [0.15, 0.2) is 6.20 Å². The summed E-state index contributed by atoms with van der Waals surface area (Å²) in [6.45, 7) is 0. The Balaban J connectivity index is 2.12. The lowest BCUT2D eigenvalue weighted by Crippen LogP contribution is -2.25. The molecule has 1 atom stereocenters. The molecular weight excluding hydrogens is 190 g/mol. The molecule has 1 aromatic heterocycles. The van der Waals surface area contributed by atoms with Crippen LogP contribution in [-0.4, -0.2) is 21.0 Å². The number of hydrogen-bond acceptors (Lipinski definition) is 2. The summed E-state index contributed by atoms with van der Waals surface area (Å²) in [5, 5.41) is 9.01. The maximum absolute atomic E-state index is 13.0. The summed E-state index contributed by atoms with van der Waals surface area (Å²) in [6, 6.07) is 0. The van der Waals surface area contributed by atoms with Gasteiger partial charge in [0.05, 0.1) is 6.20 Å². The van der Waals surface area contributed by atoms with Gasteiger partial charge in [-0.25, -0.2) is 13.8 Å². The van der Waals surface area contributed by atoms with Gasteiger partial charge < -0.3 is 10.1 Å². The lowest BCUT2D eigenvalue weighted by Gasteiger charge is -2.27. The summed E-state index contributed by atoms with van der Waals surface area (Å²) in [4.78, 5) is 6.46. The SMILES string of the molecule is Oc1cnc(C2CCCC(F)(F)C2)[nH]1. The molecule has 0 saturated heterocycles. The van der Waals surface area contributed by atoms with Crippen molar-refractivity contribution >= 4 is 0 Å². The van der Waals surface area contributed by atoms with Crippen molar-refractivity contribution in [3.05, 3.63) is 12.0 Å². The van der Waals surface area contributed by atoms with Crippen LogP contribution in [0.25, 0.3) is 0 Å². The van der Waals surface area contributed by atoms with Gasteiger partial charge in [-0.05, 0) is 12.8 Å². The second kappa shape index (κ2) is 3.22. The molecule has 0 aliphatic heterocycles. The minimum atomic E-state index is -2.58. The average Bonchev–Trinajstić information content (AvgIpc) is 2.50. The third-order valence-electron chi connectivity index (χ3n) is 2.61. The molecule has 1 saturated carbocycles. The van der Waals surface area contributed by atoms with E-state index in [4.69, 9.17) is 5.11 Å². The molecule has 0 radical (unpaired) electrons. The van der Waals surface area contributed by atoms with Crippen molar-refractivity contribution in [2.45, 2.75) is 37.5 Å². The summed E-state index contributed by atoms with van der Waals surface area (Å²) in [5.74, 6) is -2.42. The van der Waals surface area contributed by atoms with Crippen LogP contribution in [0.2, 0.25) is 0 Å². The molecule has 0 aromatic carbocycles. The van der Waals surface area contributed by atoms with Crippen LogP contribution in [0.4, 0.5) is 8.78 Å². The number of aromatic hydroxyl groups is 1. The Labute approximate surface area is 80.2 Å². The second-order valence-electron chi connectivity index (χ2n) is 3.80. The zero-order chi connectivity index (χ0) is 10.2. The highest BCUT2D eigenvalue weighted by Crippen LogP contribution is 2.40. The summed E-state index contributed by atoms with van der Waals surface area (Å²) in [7, 11) is 0. The van der Waals surface area contributed by atoms with E-state index in [1.165, 1.54) is 6.20 Å². The fourth-order valence-electron chi connectivity index (χ4n) is 1.94. The molecule has 0 amide bonds. The van der Waals surface area contributed by atoms with E-state index in [1.807, 2.05) is 0 Å². The van der Waals surface area contributed by atoms with E-state index < -0.39 is 5.92 Å². The smallest absolute Gasteiger partial charge is 0.248 e. The van der Waals surface area contributed by atoms with Gasteiger partial charge in [-0.3, -0.25) is 0 Å². The number of halogens is 2. The first-order chi connectivity index (χ1) is 6.57. The lowest BCUT2D eigenvalue weighted by molar-refractivity contribution is -0.0416. The highest BCUT2D eigenvalue weighted by Gasteiger charge is 2.37. The molecule has 0 bridgehead atoms. The Hall–Kier alpha value is -1.13. The van der Waals surface area contributed by atoms with Crippen molar-refractivity contribution in [1.82, 2.24) is 9.97 Å². The van der Waals surface area contributed by atoms with Gasteiger partial charge in [-0.15, -0.1) is 0 Å². The molecule has 2 rings (SSSR count). The normalized spacial score (nSPS) is 26.3. The average molecular weight is 202 g/mol. The number of nitrogens with one attached hydrogen (secondary N) is 1. The first-order valence-corrected chi connectivity index (χ1v) is 4.68. The topological polar surface area (TPSA) is 48.9 Å². The summed E-state index contributed by atoms with van der Waals surface area (Å²) >= 11 is 0. The predicted octanol–water partition coefficient (Wildman–Crippen LogP) is 2.41. The fourth-order valence-corrected chi connectivity index (χ4v) is 1.94. The van der Waals surface area contributed by atoms with Crippen LogP contribution in [-0.2, 0) is 0 Å². The van der Waals surface area contributed by atoms with E-state index >= 15 is 0 Å². The van der Waals surface area contributed by atoms with Crippen LogP contribution in [0.3, 0.4) is 0 Å². The Morgan fingerprint density at radius 3 is 2.93 bits per heavy atom. The van der Waals surface area contributed by atoms with Crippen LogP contribution >= 0.6 is 0 Å². The summed E-state index contributed by atoms with van der Waals surface area (Å²) < 4.78 is 26.1. The molecule has 1 fully saturated rings. The number of alkyl halides is 2. The molecule has 78 valence electrons. The molecule has 2 N–H and O–H groups in total. The summed E-state index contributed by atoms with van der Waals surface area (Å²) in [5.41, 5.74) is 0. The molecular formula is C9H12F2N2O. The number of aromatic nitrogens is 2. The highest BCUT2D eigenvalue weighted by atomic mass is 19.3. The van der Waals surface area contributed by atoms with Gasteiger partial charge in [0.1, 0.15) is 5.82 Å². The van der Waals surface area contributed by atoms with Crippen molar-refractivity contribution in [2.75, 3.05) is 0 Å². The van der Waals surface area contributed by atoms with Crippen molar-refractivity contribution in [2.24, 2.45) is 0 Å². The van der Waals surface area contributed by atoms with E-state index in [-0.39, 0.29) is 24.6 Å². The molecule has 1 unspecified atom stereocenters. The van der Waals surface area contributed by atoms with Gasteiger partial charge >= 0.3 is 0 Å². The number of nitrogens with zero attached hydrogens (tertiary/aromatic N) is 1. The second-order valence-corrected chi connectivity index (χ2v) is 3.80. The van der Waals surface area contributed by atoms with Gasteiger partial charge in [0.15, 0.2) is 0 Å². The van der Waals surface area contributed by atoms with Gasteiger partial charge in [0, 0.05) is 18.8 Å². The molecule has 1 aliphatic rings. The minimum absolute atomic E-state index is 0.0316. The number of imidazole rings is 1. The molecule has 14 heavy (non-hydrogen) atoms. The first-order valence-electron chi connectivity index (χ1n) is 4.68. The third kappa shape index (κ3) is 1.86. The quantitative estimate of drug-likeness (QED) is 0.734. The molecule has 0 spiro atoms. The van der Waals surface area contributed by atoms with Gasteiger partial charge in [0.2, 0.25) is 11.8 Å². The van der Waals surface area contributed by atoms with E-state index in [2.05, 4.69) is 9.97 Å². The Morgan fingerprint density at radius 1 is 1.57 bits per heavy atom. The van der Waals surface area contributed by atoms with Crippen LogP contribution in [0.5, 0.6) is 5.88 Å². The predicted molar refractivity (Wildman–Crippen MR) is 46.4 cm³/mol. The van der Waals surface area contributed by atoms with Crippen LogP contribution < -0.4 is 0 Å². The van der Waals surface area contributed by atoms with E-state index in [0.29, 0.717) is 18.7 Å². The first kappa shape index (κ1) is 9.43. The summed E-state index contributed by atoms with van der Waals surface area (Å²) in [6.07, 6.45) is 2.28. The van der Waals surface area contributed by atoms with Gasteiger partial charge in [0.25, 0.3) is 0 Å². The van der Waals surface area contributed by atoms with Crippen molar-refractivity contribution in [3.8, 4) is 5.88 Å². The zero-order valence-electron chi connectivity index (χ0n) is 7.63. The standard InChI is InChI=1S/C9H12F2N2O/c10-9(11)3-1-2-6(4-9)8-12-5-7(14)13-8/h5-6,14H,1-4H2,(H,12,13). The number of H-pyrrole nitrogens is 1. The Kier molecular flexibility index (Phi) is 2.17. The van der Waals surface area contributed by atoms with Crippen molar-refractivity contribution < 1.29 is 13.9 Å². The largest absolute Gasteiger partial charge is 0.493 e. The van der Waals surface area contributed by atoms with Crippen LogP contribution in [0.1, 0.15) is 37.4 Å².